The maximum absolute atomic E-state index is 5.82. The van der Waals surface area contributed by atoms with E-state index in [1.54, 1.807) is 0 Å². The minimum Gasteiger partial charge on any atom is -0.382 e. The van der Waals surface area contributed by atoms with Gasteiger partial charge in [-0.25, -0.2) is 0 Å². The topological polar surface area (TPSA) is 21.3 Å². The van der Waals surface area contributed by atoms with Gasteiger partial charge in [-0.2, -0.15) is 0 Å². The number of hydrogen-bond acceptors (Lipinski definition) is 2. The van der Waals surface area contributed by atoms with Crippen molar-refractivity contribution in [3.63, 3.8) is 0 Å². The van der Waals surface area contributed by atoms with Crippen molar-refractivity contribution in [2.45, 2.75) is 6.61 Å². The molecule has 0 saturated carbocycles. The molecule has 0 heterocycles. The van der Waals surface area contributed by atoms with Crippen molar-refractivity contribution < 1.29 is 4.74 Å². The van der Waals surface area contributed by atoms with Gasteiger partial charge in [0.25, 0.3) is 0 Å². The molecule has 0 amide bonds. The van der Waals surface area contributed by atoms with Crippen LogP contribution in [0.4, 0.5) is 5.69 Å². The van der Waals surface area contributed by atoms with Gasteiger partial charge in [-0.15, -0.1) is 0 Å². The molecule has 0 saturated heterocycles. The van der Waals surface area contributed by atoms with Gasteiger partial charge in [-0.05, 0) is 45.8 Å². The molecule has 0 aromatic heterocycles. The SMILES string of the molecule is Clc1ccc(COCCNc2ccccc2Br)cc1. The Bertz CT molecular complexity index is 516. The van der Waals surface area contributed by atoms with Gasteiger partial charge in [-0.3, -0.25) is 0 Å². The molecule has 0 aliphatic rings. The summed E-state index contributed by atoms with van der Waals surface area (Å²) in [6.45, 7) is 2.04. The highest BCUT2D eigenvalue weighted by Gasteiger charge is 1.97. The van der Waals surface area contributed by atoms with E-state index in [1.165, 1.54) is 0 Å². The van der Waals surface area contributed by atoms with Crippen LogP contribution in [0, 0.1) is 0 Å². The van der Waals surface area contributed by atoms with Crippen LogP contribution in [0.2, 0.25) is 5.02 Å². The first kappa shape index (κ1) is 14.4. The minimum atomic E-state index is 0.606. The molecule has 0 aliphatic carbocycles. The number of nitrogens with one attached hydrogen (secondary N) is 1. The fraction of sp³-hybridized carbons (Fsp3) is 0.200. The highest BCUT2D eigenvalue weighted by atomic mass is 79.9. The van der Waals surface area contributed by atoms with Crippen LogP contribution in [0.15, 0.2) is 53.0 Å². The monoisotopic (exact) mass is 339 g/mol. The van der Waals surface area contributed by atoms with E-state index in [0.29, 0.717) is 13.2 Å². The molecule has 2 nitrogen and oxygen atoms in total. The number of ether oxygens (including phenoxy) is 1. The third kappa shape index (κ3) is 4.86. The third-order valence-electron chi connectivity index (χ3n) is 2.62. The van der Waals surface area contributed by atoms with Gasteiger partial charge >= 0.3 is 0 Å². The molecular weight excluding hydrogens is 326 g/mol. The average molecular weight is 341 g/mol. The van der Waals surface area contributed by atoms with Crippen molar-refractivity contribution in [3.8, 4) is 0 Å². The Morgan fingerprint density at radius 3 is 2.53 bits per heavy atom. The van der Waals surface area contributed by atoms with Gasteiger partial charge in [0, 0.05) is 21.7 Å². The fourth-order valence-electron chi connectivity index (χ4n) is 1.63. The van der Waals surface area contributed by atoms with E-state index in [9.17, 15) is 0 Å². The van der Waals surface area contributed by atoms with Crippen molar-refractivity contribution in [2.24, 2.45) is 0 Å². The Balaban J connectivity index is 1.67. The predicted molar refractivity (Wildman–Crippen MR) is 83.7 cm³/mol. The lowest BCUT2D eigenvalue weighted by molar-refractivity contribution is 0.130. The fourth-order valence-corrected chi connectivity index (χ4v) is 2.18. The molecule has 2 aromatic carbocycles. The molecule has 0 atom stereocenters. The predicted octanol–water partition coefficient (Wildman–Crippen LogP) is 4.73. The van der Waals surface area contributed by atoms with Crippen LogP contribution in [0.5, 0.6) is 0 Å². The molecular formula is C15H15BrClNO. The zero-order chi connectivity index (χ0) is 13.5. The van der Waals surface area contributed by atoms with Crippen LogP contribution >= 0.6 is 27.5 Å². The number of halogens is 2. The molecule has 4 heteroatoms. The number of hydrogen-bond donors (Lipinski definition) is 1. The Kier molecular flexibility index (Phi) is 5.70. The largest absolute Gasteiger partial charge is 0.382 e. The van der Waals surface area contributed by atoms with E-state index < -0.39 is 0 Å². The number of benzene rings is 2. The van der Waals surface area contributed by atoms with Crippen molar-refractivity contribution in [3.05, 3.63) is 63.6 Å². The quantitative estimate of drug-likeness (QED) is 0.768. The Labute approximate surface area is 126 Å². The highest BCUT2D eigenvalue weighted by molar-refractivity contribution is 9.10. The van der Waals surface area contributed by atoms with Crippen LogP contribution in [0.3, 0.4) is 0 Å². The maximum atomic E-state index is 5.82. The van der Waals surface area contributed by atoms with Crippen molar-refractivity contribution in [2.75, 3.05) is 18.5 Å². The van der Waals surface area contributed by atoms with Crippen LogP contribution in [0.1, 0.15) is 5.56 Å². The molecule has 19 heavy (non-hydrogen) atoms. The lowest BCUT2D eigenvalue weighted by Crippen LogP contribution is -2.09. The van der Waals surface area contributed by atoms with E-state index in [2.05, 4.69) is 21.2 Å². The van der Waals surface area contributed by atoms with Gasteiger partial charge in [0.1, 0.15) is 0 Å². The first-order chi connectivity index (χ1) is 9.25. The van der Waals surface area contributed by atoms with Gasteiger partial charge in [0.2, 0.25) is 0 Å². The zero-order valence-electron chi connectivity index (χ0n) is 10.4. The lowest BCUT2D eigenvalue weighted by atomic mass is 10.2. The van der Waals surface area contributed by atoms with Gasteiger partial charge in [0.05, 0.1) is 13.2 Å². The summed E-state index contributed by atoms with van der Waals surface area (Å²) >= 11 is 9.32. The second-order valence-corrected chi connectivity index (χ2v) is 5.38. The minimum absolute atomic E-state index is 0.606. The van der Waals surface area contributed by atoms with E-state index in [4.69, 9.17) is 16.3 Å². The van der Waals surface area contributed by atoms with Crippen LogP contribution in [-0.2, 0) is 11.3 Å². The molecule has 1 N–H and O–H groups in total. The molecule has 0 aliphatic heterocycles. The van der Waals surface area contributed by atoms with Crippen LogP contribution in [0.25, 0.3) is 0 Å². The summed E-state index contributed by atoms with van der Waals surface area (Å²) < 4.78 is 6.66. The van der Waals surface area contributed by atoms with E-state index in [0.717, 1.165) is 27.3 Å². The number of para-hydroxylation sites is 1. The van der Waals surface area contributed by atoms with Gasteiger partial charge in [-0.1, -0.05) is 35.9 Å². The summed E-state index contributed by atoms with van der Waals surface area (Å²) in [6, 6.07) is 15.7. The van der Waals surface area contributed by atoms with E-state index in [1.807, 2.05) is 48.5 Å². The molecule has 0 fully saturated rings. The van der Waals surface area contributed by atoms with Crippen molar-refractivity contribution >= 4 is 33.2 Å². The molecule has 0 radical (unpaired) electrons. The molecule has 0 bridgehead atoms. The summed E-state index contributed by atoms with van der Waals surface area (Å²) in [4.78, 5) is 0. The van der Waals surface area contributed by atoms with Crippen LogP contribution in [-0.4, -0.2) is 13.2 Å². The van der Waals surface area contributed by atoms with E-state index >= 15 is 0 Å². The van der Waals surface area contributed by atoms with Crippen molar-refractivity contribution in [1.82, 2.24) is 0 Å². The zero-order valence-corrected chi connectivity index (χ0v) is 12.7. The highest BCUT2D eigenvalue weighted by Crippen LogP contribution is 2.20. The Hall–Kier alpha value is -1.03. The third-order valence-corrected chi connectivity index (χ3v) is 3.56. The van der Waals surface area contributed by atoms with E-state index in [-0.39, 0.29) is 0 Å². The second kappa shape index (κ2) is 7.53. The summed E-state index contributed by atoms with van der Waals surface area (Å²) in [5.74, 6) is 0. The van der Waals surface area contributed by atoms with Gasteiger partial charge in [0.15, 0.2) is 0 Å². The number of anilines is 1. The van der Waals surface area contributed by atoms with Crippen molar-refractivity contribution in [1.29, 1.82) is 0 Å². The average Bonchev–Trinajstić information content (AvgIpc) is 2.42. The smallest absolute Gasteiger partial charge is 0.0717 e. The molecule has 2 aromatic rings. The molecule has 2 rings (SSSR count). The normalized spacial score (nSPS) is 10.4. The second-order valence-electron chi connectivity index (χ2n) is 4.09. The Morgan fingerprint density at radius 2 is 1.79 bits per heavy atom. The lowest BCUT2D eigenvalue weighted by Gasteiger charge is -2.09. The Morgan fingerprint density at radius 1 is 1.05 bits per heavy atom. The van der Waals surface area contributed by atoms with Crippen LogP contribution < -0.4 is 5.32 Å². The first-order valence-electron chi connectivity index (χ1n) is 6.06. The first-order valence-corrected chi connectivity index (χ1v) is 7.23. The molecule has 0 spiro atoms. The summed E-state index contributed by atoms with van der Waals surface area (Å²) in [7, 11) is 0. The molecule has 100 valence electrons. The summed E-state index contributed by atoms with van der Waals surface area (Å²) in [6.07, 6.45) is 0. The summed E-state index contributed by atoms with van der Waals surface area (Å²) in [5, 5.41) is 4.06. The maximum Gasteiger partial charge on any atom is 0.0717 e. The summed E-state index contributed by atoms with van der Waals surface area (Å²) in [5.41, 5.74) is 2.21. The number of rotatable bonds is 6. The standard InChI is InChI=1S/C15H15BrClNO/c16-14-3-1-2-4-15(14)18-9-10-19-11-12-5-7-13(17)8-6-12/h1-8,18H,9-11H2. The molecule has 0 unspecified atom stereocenters. The van der Waals surface area contributed by atoms with Gasteiger partial charge < -0.3 is 10.1 Å².